The van der Waals surface area contributed by atoms with Crippen LogP contribution in [-0.4, -0.2) is 5.11 Å². The van der Waals surface area contributed by atoms with E-state index >= 15 is 0 Å². The Balaban J connectivity index is 2.22. The molecule has 0 bridgehead atoms. The number of benzene rings is 3. The lowest BCUT2D eigenvalue weighted by atomic mass is 9.92. The molecule has 1 nitrogen and oxygen atoms in total. The summed E-state index contributed by atoms with van der Waals surface area (Å²) in [6, 6.07) is 20.6. The fourth-order valence-electron chi connectivity index (χ4n) is 3.24. The van der Waals surface area contributed by atoms with E-state index in [1.54, 1.807) is 0 Å². The summed E-state index contributed by atoms with van der Waals surface area (Å²) in [5.74, 6) is 0. The smallest absolute Gasteiger partial charge is 0.113 e. The van der Waals surface area contributed by atoms with E-state index in [-0.39, 0.29) is 0 Å². The third kappa shape index (κ3) is 1.28. The molecular formula is C18H14O. The Labute approximate surface area is 112 Å². The summed E-state index contributed by atoms with van der Waals surface area (Å²) in [7, 11) is 0. The van der Waals surface area contributed by atoms with Gasteiger partial charge in [-0.2, -0.15) is 0 Å². The molecule has 3 aromatic rings. The maximum absolute atomic E-state index is 10.9. The van der Waals surface area contributed by atoms with Crippen LogP contribution in [0.25, 0.3) is 21.9 Å². The molecule has 3 aromatic carbocycles. The summed E-state index contributed by atoms with van der Waals surface area (Å²) in [6.45, 7) is 1.88. The molecule has 0 fully saturated rings. The molecule has 0 heterocycles. The van der Waals surface area contributed by atoms with Gasteiger partial charge in [-0.05, 0) is 39.9 Å². The van der Waals surface area contributed by atoms with Gasteiger partial charge in [-0.15, -0.1) is 0 Å². The third-order valence-corrected chi connectivity index (χ3v) is 4.17. The zero-order valence-electron chi connectivity index (χ0n) is 10.7. The Morgan fingerprint density at radius 1 is 0.789 bits per heavy atom. The van der Waals surface area contributed by atoms with Gasteiger partial charge in [0.15, 0.2) is 0 Å². The first-order valence-corrected chi connectivity index (χ1v) is 6.54. The van der Waals surface area contributed by atoms with Gasteiger partial charge < -0.3 is 5.11 Å². The summed E-state index contributed by atoms with van der Waals surface area (Å²) in [5.41, 5.74) is 3.45. The molecule has 0 aliphatic heterocycles. The van der Waals surface area contributed by atoms with Crippen molar-refractivity contribution in [2.24, 2.45) is 0 Å². The predicted octanol–water partition coefficient (Wildman–Crippen LogP) is 4.08. The van der Waals surface area contributed by atoms with Gasteiger partial charge in [0.25, 0.3) is 0 Å². The largest absolute Gasteiger partial charge is 0.381 e. The van der Waals surface area contributed by atoms with Crippen molar-refractivity contribution >= 4 is 10.8 Å². The van der Waals surface area contributed by atoms with Gasteiger partial charge in [0.05, 0.1) is 0 Å². The Morgan fingerprint density at radius 2 is 1.53 bits per heavy atom. The first-order valence-electron chi connectivity index (χ1n) is 6.54. The quantitative estimate of drug-likeness (QED) is 0.633. The van der Waals surface area contributed by atoms with Crippen LogP contribution in [0.1, 0.15) is 18.1 Å². The highest BCUT2D eigenvalue weighted by molar-refractivity contribution is 6.02. The fourth-order valence-corrected chi connectivity index (χ4v) is 3.24. The molecule has 1 atom stereocenters. The maximum atomic E-state index is 10.9. The van der Waals surface area contributed by atoms with E-state index in [0.717, 1.165) is 16.7 Å². The van der Waals surface area contributed by atoms with Crippen molar-refractivity contribution in [1.82, 2.24) is 0 Å². The second-order valence-electron chi connectivity index (χ2n) is 5.33. The maximum Gasteiger partial charge on any atom is 0.113 e. The van der Waals surface area contributed by atoms with Gasteiger partial charge in [0, 0.05) is 0 Å². The number of rotatable bonds is 0. The average Bonchev–Trinajstić information content (AvgIpc) is 2.68. The van der Waals surface area contributed by atoms with E-state index in [0.29, 0.717) is 0 Å². The minimum Gasteiger partial charge on any atom is -0.381 e. The standard InChI is InChI=1S/C18H14O/c1-18(19)15-9-5-4-8-14(15)17-13-7-3-2-6-12(13)10-11-16(17)18/h2-11,19H,1H3. The van der Waals surface area contributed by atoms with E-state index in [1.165, 1.54) is 16.3 Å². The van der Waals surface area contributed by atoms with Crippen molar-refractivity contribution in [3.63, 3.8) is 0 Å². The highest BCUT2D eigenvalue weighted by atomic mass is 16.3. The molecule has 1 heteroatoms. The van der Waals surface area contributed by atoms with E-state index in [2.05, 4.69) is 36.4 Å². The summed E-state index contributed by atoms with van der Waals surface area (Å²) in [4.78, 5) is 0. The van der Waals surface area contributed by atoms with Crippen LogP contribution in [-0.2, 0) is 5.60 Å². The predicted molar refractivity (Wildman–Crippen MR) is 78.1 cm³/mol. The monoisotopic (exact) mass is 246 g/mol. The molecule has 4 rings (SSSR count). The Morgan fingerprint density at radius 3 is 2.42 bits per heavy atom. The molecule has 19 heavy (non-hydrogen) atoms. The lowest BCUT2D eigenvalue weighted by Crippen LogP contribution is -2.18. The Bertz CT molecular complexity index is 800. The highest BCUT2D eigenvalue weighted by Gasteiger charge is 2.37. The molecule has 0 amide bonds. The second-order valence-corrected chi connectivity index (χ2v) is 5.33. The first-order chi connectivity index (χ1) is 9.19. The molecule has 1 N–H and O–H groups in total. The molecule has 1 aliphatic rings. The van der Waals surface area contributed by atoms with Crippen molar-refractivity contribution in [3.05, 3.63) is 71.8 Å². The number of hydrogen-bond acceptors (Lipinski definition) is 1. The molecule has 0 radical (unpaired) electrons. The second kappa shape index (κ2) is 3.46. The summed E-state index contributed by atoms with van der Waals surface area (Å²) < 4.78 is 0. The van der Waals surface area contributed by atoms with Crippen LogP contribution in [0.2, 0.25) is 0 Å². The van der Waals surface area contributed by atoms with Gasteiger partial charge in [-0.1, -0.05) is 60.7 Å². The minimum atomic E-state index is -0.893. The molecule has 0 spiro atoms. The van der Waals surface area contributed by atoms with Gasteiger partial charge in [0.2, 0.25) is 0 Å². The number of aliphatic hydroxyl groups is 1. The molecule has 1 unspecified atom stereocenters. The third-order valence-electron chi connectivity index (χ3n) is 4.17. The van der Waals surface area contributed by atoms with E-state index in [1.807, 2.05) is 31.2 Å². The van der Waals surface area contributed by atoms with Crippen molar-refractivity contribution in [2.75, 3.05) is 0 Å². The van der Waals surface area contributed by atoms with Crippen molar-refractivity contribution < 1.29 is 5.11 Å². The highest BCUT2D eigenvalue weighted by Crippen LogP contribution is 2.49. The average molecular weight is 246 g/mol. The van der Waals surface area contributed by atoms with Crippen molar-refractivity contribution in [3.8, 4) is 11.1 Å². The van der Waals surface area contributed by atoms with Crippen LogP contribution in [0.3, 0.4) is 0 Å². The summed E-state index contributed by atoms with van der Waals surface area (Å²) in [5, 5.41) is 13.3. The fraction of sp³-hybridized carbons (Fsp3) is 0.111. The van der Waals surface area contributed by atoms with E-state index < -0.39 is 5.60 Å². The minimum absolute atomic E-state index is 0.893. The van der Waals surface area contributed by atoms with Crippen LogP contribution in [0, 0.1) is 0 Å². The Hall–Kier alpha value is -2.12. The van der Waals surface area contributed by atoms with E-state index in [9.17, 15) is 5.11 Å². The van der Waals surface area contributed by atoms with Gasteiger partial charge in [-0.3, -0.25) is 0 Å². The van der Waals surface area contributed by atoms with E-state index in [4.69, 9.17) is 0 Å². The topological polar surface area (TPSA) is 20.2 Å². The molecule has 92 valence electrons. The molecule has 0 saturated heterocycles. The number of fused-ring (bicyclic) bond motifs is 5. The summed E-state index contributed by atoms with van der Waals surface area (Å²) in [6.07, 6.45) is 0. The molecule has 0 aromatic heterocycles. The van der Waals surface area contributed by atoms with Crippen molar-refractivity contribution in [1.29, 1.82) is 0 Å². The van der Waals surface area contributed by atoms with Crippen molar-refractivity contribution in [2.45, 2.75) is 12.5 Å². The first kappa shape index (κ1) is 10.8. The van der Waals surface area contributed by atoms with Crippen LogP contribution >= 0.6 is 0 Å². The van der Waals surface area contributed by atoms with Crippen LogP contribution in [0.5, 0.6) is 0 Å². The SMILES string of the molecule is CC1(O)c2ccccc2-c2c1ccc1ccccc21. The normalized spacial score (nSPS) is 20.3. The lowest BCUT2D eigenvalue weighted by molar-refractivity contribution is 0.107. The molecule has 0 saturated carbocycles. The Kier molecular flexibility index (Phi) is 1.96. The van der Waals surface area contributed by atoms with Crippen LogP contribution in [0.15, 0.2) is 60.7 Å². The zero-order valence-corrected chi connectivity index (χ0v) is 10.7. The van der Waals surface area contributed by atoms with Gasteiger partial charge in [-0.25, -0.2) is 0 Å². The summed E-state index contributed by atoms with van der Waals surface area (Å²) >= 11 is 0. The number of hydrogen-bond donors (Lipinski definition) is 1. The molecule has 1 aliphatic carbocycles. The van der Waals surface area contributed by atoms with Crippen LogP contribution < -0.4 is 0 Å². The van der Waals surface area contributed by atoms with Gasteiger partial charge >= 0.3 is 0 Å². The van der Waals surface area contributed by atoms with Gasteiger partial charge in [0.1, 0.15) is 5.60 Å². The zero-order chi connectivity index (χ0) is 13.0. The molecular weight excluding hydrogens is 232 g/mol. The lowest BCUT2D eigenvalue weighted by Gasteiger charge is -2.19. The van der Waals surface area contributed by atoms with Crippen LogP contribution in [0.4, 0.5) is 0 Å².